The van der Waals surface area contributed by atoms with Gasteiger partial charge in [-0.3, -0.25) is 16.3 Å². The zero-order chi connectivity index (χ0) is 13.0. The summed E-state index contributed by atoms with van der Waals surface area (Å²) < 4.78 is 1.10. The number of rotatable bonds is 4. The second-order valence-electron chi connectivity index (χ2n) is 4.25. The summed E-state index contributed by atoms with van der Waals surface area (Å²) >= 11 is 3.56. The number of aryl methyl sites for hydroxylation is 1. The molecule has 2 aromatic rings. The summed E-state index contributed by atoms with van der Waals surface area (Å²) in [4.78, 5) is 4.17. The van der Waals surface area contributed by atoms with Crippen molar-refractivity contribution >= 4 is 15.9 Å². The first-order chi connectivity index (χ1) is 8.72. The van der Waals surface area contributed by atoms with E-state index >= 15 is 0 Å². The van der Waals surface area contributed by atoms with Gasteiger partial charge in [0.2, 0.25) is 0 Å². The topological polar surface area (TPSA) is 50.9 Å². The summed E-state index contributed by atoms with van der Waals surface area (Å²) in [6, 6.07) is 10.2. The Bertz CT molecular complexity index is 528. The van der Waals surface area contributed by atoms with Gasteiger partial charge in [0.05, 0.1) is 6.04 Å². The minimum Gasteiger partial charge on any atom is -0.271 e. The standard InChI is InChI=1S/C14H16BrN3/c1-10-6-7-17-9-12(10)14(18-16)8-11-4-2-3-5-13(11)15/h2-7,9,14,18H,8,16H2,1H3. The Morgan fingerprint density at radius 2 is 2.11 bits per heavy atom. The van der Waals surface area contributed by atoms with Gasteiger partial charge in [0, 0.05) is 16.9 Å². The van der Waals surface area contributed by atoms with Crippen LogP contribution in [0.25, 0.3) is 0 Å². The van der Waals surface area contributed by atoms with Crippen molar-refractivity contribution < 1.29 is 0 Å². The van der Waals surface area contributed by atoms with Gasteiger partial charge in [-0.2, -0.15) is 0 Å². The number of halogens is 1. The van der Waals surface area contributed by atoms with Crippen molar-refractivity contribution in [2.24, 2.45) is 5.84 Å². The number of nitrogens with two attached hydrogens (primary N) is 1. The molecule has 0 aliphatic rings. The lowest BCUT2D eigenvalue weighted by Gasteiger charge is -2.18. The SMILES string of the molecule is Cc1ccncc1C(Cc1ccccc1Br)NN. The summed E-state index contributed by atoms with van der Waals surface area (Å²) in [6.45, 7) is 2.07. The normalized spacial score (nSPS) is 12.4. The van der Waals surface area contributed by atoms with E-state index < -0.39 is 0 Å². The minimum absolute atomic E-state index is 0.0670. The van der Waals surface area contributed by atoms with Crippen LogP contribution in [0, 0.1) is 6.92 Å². The number of aromatic nitrogens is 1. The summed E-state index contributed by atoms with van der Waals surface area (Å²) in [5.74, 6) is 5.68. The first-order valence-corrected chi connectivity index (χ1v) is 6.61. The molecule has 2 rings (SSSR count). The zero-order valence-corrected chi connectivity index (χ0v) is 11.8. The molecule has 0 aliphatic heterocycles. The first kappa shape index (κ1) is 13.2. The van der Waals surface area contributed by atoms with Crippen LogP contribution in [0.15, 0.2) is 47.2 Å². The smallest absolute Gasteiger partial charge is 0.0518 e. The summed E-state index contributed by atoms with van der Waals surface area (Å²) in [6.07, 6.45) is 4.49. The molecule has 1 unspecified atom stereocenters. The van der Waals surface area contributed by atoms with Crippen molar-refractivity contribution in [2.45, 2.75) is 19.4 Å². The maximum atomic E-state index is 5.68. The Kier molecular flexibility index (Phi) is 4.47. The average Bonchev–Trinajstić information content (AvgIpc) is 2.39. The Morgan fingerprint density at radius 3 is 2.78 bits per heavy atom. The molecule has 3 N–H and O–H groups in total. The average molecular weight is 306 g/mol. The molecule has 0 amide bonds. The van der Waals surface area contributed by atoms with Crippen LogP contribution < -0.4 is 11.3 Å². The van der Waals surface area contributed by atoms with E-state index in [1.807, 2.05) is 30.5 Å². The second kappa shape index (κ2) is 6.09. The highest BCUT2D eigenvalue weighted by Gasteiger charge is 2.14. The quantitative estimate of drug-likeness (QED) is 0.674. The largest absolute Gasteiger partial charge is 0.271 e. The predicted molar refractivity (Wildman–Crippen MR) is 76.9 cm³/mol. The van der Waals surface area contributed by atoms with Gasteiger partial charge in [-0.05, 0) is 42.2 Å². The number of hydrazine groups is 1. The van der Waals surface area contributed by atoms with E-state index in [1.165, 1.54) is 11.1 Å². The van der Waals surface area contributed by atoms with Crippen molar-refractivity contribution in [2.75, 3.05) is 0 Å². The second-order valence-corrected chi connectivity index (χ2v) is 5.10. The molecule has 0 bridgehead atoms. The molecule has 94 valence electrons. The molecule has 1 aromatic carbocycles. The Balaban J connectivity index is 2.26. The van der Waals surface area contributed by atoms with Crippen LogP contribution in [-0.2, 0) is 6.42 Å². The maximum absolute atomic E-state index is 5.68. The molecule has 0 aliphatic carbocycles. The van der Waals surface area contributed by atoms with Gasteiger partial charge in [0.1, 0.15) is 0 Å². The molecule has 4 heteroatoms. The van der Waals surface area contributed by atoms with E-state index in [4.69, 9.17) is 5.84 Å². The van der Waals surface area contributed by atoms with Crippen LogP contribution in [0.2, 0.25) is 0 Å². The van der Waals surface area contributed by atoms with Crippen molar-refractivity contribution in [1.29, 1.82) is 0 Å². The molecular formula is C14H16BrN3. The molecule has 0 spiro atoms. The van der Waals surface area contributed by atoms with Crippen LogP contribution in [0.4, 0.5) is 0 Å². The van der Waals surface area contributed by atoms with Crippen LogP contribution in [0.1, 0.15) is 22.7 Å². The Hall–Kier alpha value is -1.23. The third-order valence-corrected chi connectivity index (χ3v) is 3.81. The number of hydrogen-bond acceptors (Lipinski definition) is 3. The molecule has 1 atom stereocenters. The van der Waals surface area contributed by atoms with E-state index in [0.717, 1.165) is 16.5 Å². The highest BCUT2D eigenvalue weighted by atomic mass is 79.9. The van der Waals surface area contributed by atoms with Crippen LogP contribution in [-0.4, -0.2) is 4.98 Å². The van der Waals surface area contributed by atoms with E-state index in [0.29, 0.717) is 0 Å². The Morgan fingerprint density at radius 1 is 1.33 bits per heavy atom. The first-order valence-electron chi connectivity index (χ1n) is 5.82. The molecule has 0 fully saturated rings. The van der Waals surface area contributed by atoms with Crippen molar-refractivity contribution in [3.63, 3.8) is 0 Å². The monoisotopic (exact) mass is 305 g/mol. The third kappa shape index (κ3) is 2.96. The number of pyridine rings is 1. The van der Waals surface area contributed by atoms with Crippen LogP contribution in [0.5, 0.6) is 0 Å². The lowest BCUT2D eigenvalue weighted by molar-refractivity contribution is 0.547. The molecule has 0 radical (unpaired) electrons. The molecule has 18 heavy (non-hydrogen) atoms. The van der Waals surface area contributed by atoms with Crippen molar-refractivity contribution in [3.05, 3.63) is 63.9 Å². The van der Waals surface area contributed by atoms with Gasteiger partial charge in [0.25, 0.3) is 0 Å². The number of nitrogens with zero attached hydrogens (tertiary/aromatic N) is 1. The summed E-state index contributed by atoms with van der Waals surface area (Å²) in [5, 5.41) is 0. The van der Waals surface area contributed by atoms with E-state index in [2.05, 4.69) is 39.3 Å². The molecule has 0 saturated carbocycles. The van der Waals surface area contributed by atoms with Crippen LogP contribution >= 0.6 is 15.9 Å². The fraction of sp³-hybridized carbons (Fsp3) is 0.214. The lowest BCUT2D eigenvalue weighted by atomic mass is 9.98. The van der Waals surface area contributed by atoms with E-state index in [-0.39, 0.29) is 6.04 Å². The van der Waals surface area contributed by atoms with E-state index in [1.54, 1.807) is 6.20 Å². The van der Waals surface area contributed by atoms with Crippen molar-refractivity contribution in [1.82, 2.24) is 10.4 Å². The molecule has 3 nitrogen and oxygen atoms in total. The number of hydrogen-bond donors (Lipinski definition) is 2. The van der Waals surface area contributed by atoms with Gasteiger partial charge in [-0.25, -0.2) is 0 Å². The highest BCUT2D eigenvalue weighted by molar-refractivity contribution is 9.10. The van der Waals surface area contributed by atoms with Gasteiger partial charge < -0.3 is 0 Å². The maximum Gasteiger partial charge on any atom is 0.0518 e. The zero-order valence-electron chi connectivity index (χ0n) is 10.2. The highest BCUT2D eigenvalue weighted by Crippen LogP contribution is 2.24. The third-order valence-electron chi connectivity index (χ3n) is 3.04. The summed E-state index contributed by atoms with van der Waals surface area (Å²) in [7, 11) is 0. The van der Waals surface area contributed by atoms with Gasteiger partial charge >= 0.3 is 0 Å². The Labute approximate surface area is 116 Å². The predicted octanol–water partition coefficient (Wildman–Crippen LogP) is 2.90. The van der Waals surface area contributed by atoms with Gasteiger partial charge in [-0.15, -0.1) is 0 Å². The summed E-state index contributed by atoms with van der Waals surface area (Å²) in [5.41, 5.74) is 6.43. The fourth-order valence-corrected chi connectivity index (χ4v) is 2.43. The van der Waals surface area contributed by atoms with Gasteiger partial charge in [-0.1, -0.05) is 34.1 Å². The van der Waals surface area contributed by atoms with Crippen molar-refractivity contribution in [3.8, 4) is 0 Å². The molecule has 1 heterocycles. The molecule has 0 saturated heterocycles. The lowest BCUT2D eigenvalue weighted by Crippen LogP contribution is -2.30. The fourth-order valence-electron chi connectivity index (χ4n) is 1.98. The molecule has 1 aromatic heterocycles. The minimum atomic E-state index is 0.0670. The number of nitrogens with one attached hydrogen (secondary N) is 1. The van der Waals surface area contributed by atoms with Gasteiger partial charge in [0.15, 0.2) is 0 Å². The van der Waals surface area contributed by atoms with Crippen LogP contribution in [0.3, 0.4) is 0 Å². The number of benzene rings is 1. The molecular weight excluding hydrogens is 290 g/mol. The van der Waals surface area contributed by atoms with E-state index in [9.17, 15) is 0 Å².